The number of nitrogens with two attached hydrogens (primary N) is 1. The molecule has 1 aliphatic heterocycles. The molecule has 180 valence electrons. The molecular formula is C25H23N3O6S. The number of hydrogen-bond donors (Lipinski definition) is 1. The Hall–Kier alpha value is -4.02. The number of nitrogens with zero attached hydrogens (tertiary/aromatic N) is 2. The Bertz CT molecular complexity index is 1450. The van der Waals surface area contributed by atoms with Crippen molar-refractivity contribution >= 4 is 39.4 Å². The smallest absolute Gasteiger partial charge is 0.338 e. The lowest BCUT2D eigenvalue weighted by Crippen LogP contribution is -2.21. The summed E-state index contributed by atoms with van der Waals surface area (Å²) in [5.74, 6) is 0.174. The van der Waals surface area contributed by atoms with Gasteiger partial charge in [-0.25, -0.2) is 18.4 Å². The second-order valence-corrected chi connectivity index (χ2v) is 9.38. The molecule has 1 aromatic heterocycles. The highest BCUT2D eigenvalue weighted by Gasteiger charge is 2.29. The van der Waals surface area contributed by atoms with Gasteiger partial charge < -0.3 is 9.15 Å². The number of anilines is 1. The normalized spacial score (nSPS) is 14.9. The van der Waals surface area contributed by atoms with Crippen LogP contribution in [0.2, 0.25) is 0 Å². The van der Waals surface area contributed by atoms with E-state index in [-0.39, 0.29) is 10.8 Å². The molecule has 0 radical (unpaired) electrons. The van der Waals surface area contributed by atoms with Crippen molar-refractivity contribution in [3.63, 3.8) is 0 Å². The van der Waals surface area contributed by atoms with Crippen LogP contribution in [0, 0.1) is 0 Å². The first-order valence-corrected chi connectivity index (χ1v) is 12.3. The van der Waals surface area contributed by atoms with Crippen molar-refractivity contribution in [3.8, 4) is 11.3 Å². The predicted molar refractivity (Wildman–Crippen MR) is 131 cm³/mol. The number of hydrogen-bond acceptors (Lipinski definition) is 7. The summed E-state index contributed by atoms with van der Waals surface area (Å²) < 4.78 is 34.0. The molecule has 4 rings (SSSR count). The van der Waals surface area contributed by atoms with Gasteiger partial charge in [-0.15, -0.1) is 0 Å². The monoisotopic (exact) mass is 493 g/mol. The molecule has 0 aliphatic carbocycles. The van der Waals surface area contributed by atoms with E-state index in [1.807, 2.05) is 13.0 Å². The third-order valence-corrected chi connectivity index (χ3v) is 6.14. The van der Waals surface area contributed by atoms with Crippen LogP contribution in [0.25, 0.3) is 17.4 Å². The summed E-state index contributed by atoms with van der Waals surface area (Å²) in [4.78, 5) is 25.1. The zero-order chi connectivity index (χ0) is 25.2. The van der Waals surface area contributed by atoms with E-state index >= 15 is 0 Å². The predicted octanol–water partition coefficient (Wildman–Crippen LogP) is 3.97. The van der Waals surface area contributed by atoms with Crippen LogP contribution in [0.4, 0.5) is 5.69 Å². The summed E-state index contributed by atoms with van der Waals surface area (Å²) >= 11 is 0. The minimum absolute atomic E-state index is 0.0600. The molecule has 0 bridgehead atoms. The summed E-state index contributed by atoms with van der Waals surface area (Å²) in [7, 11) is -3.84. The van der Waals surface area contributed by atoms with E-state index in [0.717, 1.165) is 6.42 Å². The van der Waals surface area contributed by atoms with E-state index in [4.69, 9.17) is 14.3 Å². The first-order valence-electron chi connectivity index (χ1n) is 10.8. The van der Waals surface area contributed by atoms with Crippen LogP contribution in [-0.2, 0) is 19.6 Å². The molecule has 0 saturated heterocycles. The van der Waals surface area contributed by atoms with Gasteiger partial charge in [0, 0.05) is 5.56 Å². The van der Waals surface area contributed by atoms with Crippen LogP contribution < -0.4 is 10.1 Å². The Morgan fingerprint density at radius 1 is 1.14 bits per heavy atom. The Morgan fingerprint density at radius 3 is 2.57 bits per heavy atom. The van der Waals surface area contributed by atoms with E-state index in [1.54, 1.807) is 43.3 Å². The van der Waals surface area contributed by atoms with E-state index in [9.17, 15) is 18.0 Å². The molecule has 2 aromatic carbocycles. The van der Waals surface area contributed by atoms with Crippen molar-refractivity contribution < 1.29 is 27.2 Å². The van der Waals surface area contributed by atoms with E-state index in [0.29, 0.717) is 46.2 Å². The largest absolute Gasteiger partial charge is 0.462 e. The molecule has 2 heterocycles. The maximum atomic E-state index is 13.0. The van der Waals surface area contributed by atoms with E-state index < -0.39 is 16.0 Å². The van der Waals surface area contributed by atoms with E-state index in [2.05, 4.69) is 5.10 Å². The Kier molecular flexibility index (Phi) is 6.68. The molecule has 1 aliphatic rings. The van der Waals surface area contributed by atoms with Crippen molar-refractivity contribution in [2.24, 2.45) is 10.2 Å². The average molecular weight is 494 g/mol. The average Bonchev–Trinajstić information content (AvgIpc) is 3.42. The number of primary sulfonamides is 1. The number of ether oxygens (including phenoxy) is 1. The molecule has 0 saturated carbocycles. The van der Waals surface area contributed by atoms with Crippen LogP contribution >= 0.6 is 0 Å². The van der Waals surface area contributed by atoms with Gasteiger partial charge in [-0.05, 0) is 68.0 Å². The number of esters is 1. The first-order chi connectivity index (χ1) is 16.7. The topological polar surface area (TPSA) is 132 Å². The highest BCUT2D eigenvalue weighted by molar-refractivity contribution is 7.89. The zero-order valence-corrected chi connectivity index (χ0v) is 19.9. The fourth-order valence-corrected chi connectivity index (χ4v) is 3.96. The highest BCUT2D eigenvalue weighted by Crippen LogP contribution is 2.28. The van der Waals surface area contributed by atoms with Crippen LogP contribution in [0.15, 0.2) is 80.7 Å². The molecule has 2 N–H and O–H groups in total. The Labute approximate surface area is 202 Å². The van der Waals surface area contributed by atoms with Gasteiger partial charge in [0.25, 0.3) is 5.91 Å². The second-order valence-electron chi connectivity index (χ2n) is 7.82. The number of carbonyl (C=O) groups is 2. The Morgan fingerprint density at radius 2 is 1.89 bits per heavy atom. The quantitative estimate of drug-likeness (QED) is 0.391. The second kappa shape index (κ2) is 9.69. The minimum Gasteiger partial charge on any atom is -0.462 e. The minimum atomic E-state index is -3.84. The Balaban J connectivity index is 1.55. The van der Waals surface area contributed by atoms with Gasteiger partial charge in [-0.2, -0.15) is 10.1 Å². The van der Waals surface area contributed by atoms with Gasteiger partial charge in [0.05, 0.1) is 34.0 Å². The summed E-state index contributed by atoms with van der Waals surface area (Å²) in [5.41, 5.74) is 2.32. The maximum absolute atomic E-state index is 13.0. The third kappa shape index (κ3) is 5.23. The van der Waals surface area contributed by atoms with Crippen molar-refractivity contribution in [1.29, 1.82) is 0 Å². The first kappa shape index (κ1) is 24.1. The van der Waals surface area contributed by atoms with Crippen LogP contribution in [-0.4, -0.2) is 32.6 Å². The maximum Gasteiger partial charge on any atom is 0.338 e. The highest BCUT2D eigenvalue weighted by atomic mass is 32.2. The number of benzene rings is 2. The number of furan rings is 1. The fourth-order valence-electron chi connectivity index (χ4n) is 3.44. The number of amides is 1. The van der Waals surface area contributed by atoms with E-state index in [1.165, 1.54) is 29.3 Å². The lowest BCUT2D eigenvalue weighted by Gasteiger charge is -2.11. The summed E-state index contributed by atoms with van der Waals surface area (Å²) in [6.07, 6.45) is 2.32. The van der Waals surface area contributed by atoms with Gasteiger partial charge in [0.1, 0.15) is 11.5 Å². The van der Waals surface area contributed by atoms with Crippen molar-refractivity contribution in [2.45, 2.75) is 25.2 Å². The van der Waals surface area contributed by atoms with Gasteiger partial charge in [-0.1, -0.05) is 19.1 Å². The summed E-state index contributed by atoms with van der Waals surface area (Å²) in [6.45, 7) is 3.97. The molecule has 0 atom stereocenters. The summed E-state index contributed by atoms with van der Waals surface area (Å²) in [5, 5.41) is 10.6. The number of hydrazone groups is 1. The van der Waals surface area contributed by atoms with Crippen LogP contribution in [0.5, 0.6) is 0 Å². The van der Waals surface area contributed by atoms with Gasteiger partial charge >= 0.3 is 5.97 Å². The molecule has 9 nitrogen and oxygen atoms in total. The van der Waals surface area contributed by atoms with Crippen LogP contribution in [0.1, 0.15) is 36.4 Å². The lowest BCUT2D eigenvalue weighted by atomic mass is 10.1. The number of sulfonamides is 1. The molecule has 0 unspecified atom stereocenters. The molecule has 1 amide bonds. The van der Waals surface area contributed by atoms with Crippen molar-refractivity contribution in [1.82, 2.24) is 0 Å². The van der Waals surface area contributed by atoms with Gasteiger partial charge in [-0.3, -0.25) is 4.79 Å². The summed E-state index contributed by atoms with van der Waals surface area (Å²) in [6, 6.07) is 15.9. The van der Waals surface area contributed by atoms with Crippen molar-refractivity contribution in [3.05, 3.63) is 77.6 Å². The molecule has 3 aromatic rings. The zero-order valence-electron chi connectivity index (χ0n) is 19.1. The molecule has 0 fully saturated rings. The van der Waals surface area contributed by atoms with Crippen LogP contribution in [0.3, 0.4) is 0 Å². The fraction of sp³-hybridized carbons (Fsp3) is 0.160. The molecule has 0 spiro atoms. The standard InChI is InChI=1S/C25H23N3O6S/c1-3-13-33-25(30)18-6-4-5-17(14-18)23-12-9-20(34-23)15-22-16(2)27-28(24(22)29)19-7-10-21(11-8-19)35(26,31)32/h4-12,14-15H,3,13H2,1-2H3,(H2,26,31,32)/b22-15-. The number of carbonyl (C=O) groups excluding carboxylic acids is 2. The third-order valence-electron chi connectivity index (χ3n) is 5.21. The molecule has 35 heavy (non-hydrogen) atoms. The van der Waals surface area contributed by atoms with Crippen molar-refractivity contribution in [2.75, 3.05) is 11.6 Å². The SMILES string of the molecule is CCCOC(=O)c1cccc(-c2ccc(/C=C3\C(=O)N(c4ccc(S(N)(=O)=O)cc4)N=C3C)o2)c1. The molecular weight excluding hydrogens is 470 g/mol. The van der Waals surface area contributed by atoms with Gasteiger partial charge in [0.15, 0.2) is 0 Å². The molecule has 10 heteroatoms. The number of rotatable bonds is 7. The van der Waals surface area contributed by atoms with Gasteiger partial charge in [0.2, 0.25) is 10.0 Å². The lowest BCUT2D eigenvalue weighted by molar-refractivity contribution is -0.114.